The second-order valence-corrected chi connectivity index (χ2v) is 13.4. The zero-order valence-corrected chi connectivity index (χ0v) is 20.7. The molecule has 0 atom stereocenters. The van der Waals surface area contributed by atoms with Gasteiger partial charge in [0, 0.05) is 7.05 Å². The third-order valence-electron chi connectivity index (χ3n) is 5.57. The molecule has 0 spiro atoms. The van der Waals surface area contributed by atoms with Gasteiger partial charge < -0.3 is 4.43 Å². The van der Waals surface area contributed by atoms with Crippen molar-refractivity contribution in [1.29, 1.82) is 0 Å². The molecule has 4 rings (SSSR count). The molecule has 0 radical (unpaired) electrons. The van der Waals surface area contributed by atoms with Crippen LogP contribution in [0.2, 0.25) is 10.3 Å². The molecule has 33 heavy (non-hydrogen) atoms. The van der Waals surface area contributed by atoms with Gasteiger partial charge >= 0.3 is 0 Å². The van der Waals surface area contributed by atoms with Crippen molar-refractivity contribution in [3.8, 4) is 11.5 Å². The van der Waals surface area contributed by atoms with E-state index in [0.717, 1.165) is 16.6 Å². The maximum atomic E-state index is 14.3. The molecule has 0 aliphatic heterocycles. The lowest BCUT2D eigenvalue weighted by Crippen LogP contribution is -2.66. The van der Waals surface area contributed by atoms with Crippen molar-refractivity contribution in [3.63, 3.8) is 0 Å². The van der Waals surface area contributed by atoms with Crippen molar-refractivity contribution < 1.29 is 8.82 Å². The van der Waals surface area contributed by atoms with E-state index in [-0.39, 0.29) is 28.4 Å². The number of aromatic nitrogens is 5. The summed E-state index contributed by atoms with van der Waals surface area (Å²) < 4.78 is 22.7. The van der Waals surface area contributed by atoms with Crippen LogP contribution in [0.3, 0.4) is 0 Å². The summed E-state index contributed by atoms with van der Waals surface area (Å²) in [6.07, 6.45) is 1.03. The molecule has 0 aliphatic carbocycles. The van der Waals surface area contributed by atoms with Gasteiger partial charge in [0.05, 0.1) is 12.8 Å². The van der Waals surface area contributed by atoms with Gasteiger partial charge in [0.15, 0.2) is 17.5 Å². The number of halogens is 2. The van der Waals surface area contributed by atoms with E-state index in [0.29, 0.717) is 5.82 Å². The molecular weight excluding hydrogens is 457 g/mol. The van der Waals surface area contributed by atoms with Crippen LogP contribution in [0.15, 0.2) is 66.9 Å². The molecule has 0 fully saturated rings. The van der Waals surface area contributed by atoms with E-state index in [9.17, 15) is 4.39 Å². The molecule has 0 aliphatic rings. The first-order valence-corrected chi connectivity index (χ1v) is 12.8. The number of hydrogen-bond donors (Lipinski definition) is 0. The molecule has 0 saturated heterocycles. The van der Waals surface area contributed by atoms with E-state index >= 15 is 0 Å². The Morgan fingerprint density at radius 1 is 0.970 bits per heavy atom. The van der Waals surface area contributed by atoms with Gasteiger partial charge in [-0.05, 0) is 27.0 Å². The molecule has 2 heterocycles. The van der Waals surface area contributed by atoms with Crippen LogP contribution >= 0.6 is 11.6 Å². The maximum absolute atomic E-state index is 14.3. The fourth-order valence-corrected chi connectivity index (χ4v) is 8.78. The Kier molecular flexibility index (Phi) is 6.42. The van der Waals surface area contributed by atoms with E-state index in [2.05, 4.69) is 65.1 Å². The van der Waals surface area contributed by atoms with Crippen molar-refractivity contribution in [3.05, 3.63) is 83.8 Å². The van der Waals surface area contributed by atoms with Crippen LogP contribution in [0.4, 0.5) is 4.39 Å². The van der Waals surface area contributed by atoms with Crippen LogP contribution in [-0.4, -0.2) is 33.0 Å². The SMILES string of the molecule is Cn1nc(CO[Si](c2ccccc2)(c2ccccc2)C(C)(C)C)nc1-c1nc(Cl)ncc1F. The number of rotatable bonds is 6. The Hall–Kier alpha value is -2.94. The molecule has 0 saturated carbocycles. The Balaban J connectivity index is 1.76. The lowest BCUT2D eigenvalue weighted by Gasteiger charge is -2.42. The first kappa shape index (κ1) is 23.2. The summed E-state index contributed by atoms with van der Waals surface area (Å²) in [5.41, 5.74) is 0.00157. The van der Waals surface area contributed by atoms with Gasteiger partial charge in [-0.15, -0.1) is 0 Å². The molecule has 0 amide bonds. The smallest absolute Gasteiger partial charge is 0.261 e. The summed E-state index contributed by atoms with van der Waals surface area (Å²) in [4.78, 5) is 12.2. The molecule has 2 aromatic carbocycles. The summed E-state index contributed by atoms with van der Waals surface area (Å²) in [7, 11) is -1.06. The van der Waals surface area contributed by atoms with Crippen LogP contribution < -0.4 is 10.4 Å². The third kappa shape index (κ3) is 4.46. The Morgan fingerprint density at radius 2 is 1.55 bits per heavy atom. The molecule has 6 nitrogen and oxygen atoms in total. The molecule has 2 aromatic heterocycles. The highest BCUT2D eigenvalue weighted by Gasteiger charge is 2.50. The summed E-state index contributed by atoms with van der Waals surface area (Å²) in [5, 5.41) is 6.55. The van der Waals surface area contributed by atoms with Gasteiger partial charge in [-0.3, -0.25) is 0 Å². The first-order valence-electron chi connectivity index (χ1n) is 10.6. The average Bonchev–Trinajstić information content (AvgIpc) is 3.16. The predicted molar refractivity (Wildman–Crippen MR) is 129 cm³/mol. The fraction of sp³-hybridized carbons (Fsp3) is 0.250. The normalized spacial score (nSPS) is 12.2. The van der Waals surface area contributed by atoms with Crippen molar-refractivity contribution in [2.45, 2.75) is 32.4 Å². The zero-order chi connectivity index (χ0) is 23.6. The summed E-state index contributed by atoms with van der Waals surface area (Å²) >= 11 is 5.87. The van der Waals surface area contributed by atoms with Crippen LogP contribution in [0.25, 0.3) is 11.5 Å². The van der Waals surface area contributed by atoms with Crippen LogP contribution in [0.1, 0.15) is 26.6 Å². The van der Waals surface area contributed by atoms with Crippen LogP contribution in [-0.2, 0) is 18.1 Å². The van der Waals surface area contributed by atoms with Gasteiger partial charge in [-0.1, -0.05) is 81.4 Å². The van der Waals surface area contributed by atoms with Gasteiger partial charge in [0.25, 0.3) is 8.32 Å². The number of nitrogens with zero attached hydrogens (tertiary/aromatic N) is 5. The first-order chi connectivity index (χ1) is 15.7. The summed E-state index contributed by atoms with van der Waals surface area (Å²) in [6.45, 7) is 6.78. The largest absolute Gasteiger partial charge is 0.400 e. The topological polar surface area (TPSA) is 65.7 Å². The van der Waals surface area contributed by atoms with E-state index in [1.54, 1.807) is 7.05 Å². The van der Waals surface area contributed by atoms with Gasteiger partial charge in [-0.2, -0.15) is 5.10 Å². The highest BCUT2D eigenvalue weighted by molar-refractivity contribution is 6.99. The second-order valence-electron chi connectivity index (χ2n) is 8.76. The van der Waals surface area contributed by atoms with E-state index < -0.39 is 14.1 Å². The van der Waals surface area contributed by atoms with Gasteiger partial charge in [-0.25, -0.2) is 24.0 Å². The van der Waals surface area contributed by atoms with E-state index in [4.69, 9.17) is 16.0 Å². The van der Waals surface area contributed by atoms with E-state index in [1.807, 2.05) is 36.4 Å². The lowest BCUT2D eigenvalue weighted by molar-refractivity contribution is 0.276. The maximum Gasteiger partial charge on any atom is 0.261 e. The monoisotopic (exact) mass is 481 g/mol. The number of hydrogen-bond acceptors (Lipinski definition) is 5. The van der Waals surface area contributed by atoms with E-state index in [1.165, 1.54) is 4.68 Å². The standard InChI is InChI=1S/C24H25ClFN5OSi/c1-24(2,3)33(17-11-7-5-8-12-17,18-13-9-6-10-14-18)32-16-20-28-22(31(4)30-20)21-19(26)15-27-23(25)29-21/h5-15H,16H2,1-4H3. The molecule has 170 valence electrons. The lowest BCUT2D eigenvalue weighted by atomic mass is 10.2. The summed E-state index contributed by atoms with van der Waals surface area (Å²) in [5.74, 6) is 0.0850. The molecule has 0 N–H and O–H groups in total. The average molecular weight is 482 g/mol. The van der Waals surface area contributed by atoms with Crippen molar-refractivity contribution in [2.24, 2.45) is 7.05 Å². The Morgan fingerprint density at radius 3 is 2.09 bits per heavy atom. The minimum atomic E-state index is -2.75. The molecule has 0 unspecified atom stereocenters. The minimum Gasteiger partial charge on any atom is -0.400 e. The van der Waals surface area contributed by atoms with Crippen molar-refractivity contribution in [1.82, 2.24) is 24.7 Å². The quantitative estimate of drug-likeness (QED) is 0.306. The van der Waals surface area contributed by atoms with Gasteiger partial charge in [0.2, 0.25) is 5.28 Å². The van der Waals surface area contributed by atoms with Crippen LogP contribution in [0.5, 0.6) is 0 Å². The highest BCUT2D eigenvalue weighted by atomic mass is 35.5. The molecule has 9 heteroatoms. The Bertz CT molecular complexity index is 1210. The molecular formula is C24H25ClFN5OSi. The van der Waals surface area contributed by atoms with Crippen molar-refractivity contribution in [2.75, 3.05) is 0 Å². The number of benzene rings is 2. The number of aryl methyl sites for hydroxylation is 1. The third-order valence-corrected chi connectivity index (χ3v) is 10.7. The minimum absolute atomic E-state index is 0.00157. The summed E-state index contributed by atoms with van der Waals surface area (Å²) in [6, 6.07) is 20.7. The fourth-order valence-electron chi connectivity index (χ4n) is 4.14. The van der Waals surface area contributed by atoms with Gasteiger partial charge in [0.1, 0.15) is 5.69 Å². The highest BCUT2D eigenvalue weighted by Crippen LogP contribution is 2.37. The van der Waals surface area contributed by atoms with Crippen LogP contribution in [0, 0.1) is 5.82 Å². The predicted octanol–water partition coefficient (Wildman–Crippen LogP) is 4.14. The molecule has 4 aromatic rings. The Labute approximate surface area is 198 Å². The zero-order valence-electron chi connectivity index (χ0n) is 19.0. The van der Waals surface area contributed by atoms with Crippen molar-refractivity contribution >= 4 is 30.3 Å². The second kappa shape index (κ2) is 9.13. The molecule has 0 bridgehead atoms.